The molecule has 0 bridgehead atoms. The van der Waals surface area contributed by atoms with E-state index < -0.39 is 28.3 Å². The van der Waals surface area contributed by atoms with Gasteiger partial charge in [0.1, 0.15) is 5.56 Å². The molecule has 3 aromatic rings. The van der Waals surface area contributed by atoms with Gasteiger partial charge in [-0.15, -0.1) is 11.3 Å². The monoisotopic (exact) mass is 427 g/mol. The minimum atomic E-state index is -4.49. The van der Waals surface area contributed by atoms with E-state index in [4.69, 9.17) is 11.6 Å². The van der Waals surface area contributed by atoms with E-state index in [1.165, 1.54) is 23.6 Å². The van der Waals surface area contributed by atoms with Gasteiger partial charge in [0.25, 0.3) is 11.6 Å². The predicted octanol–water partition coefficient (Wildman–Crippen LogP) is 5.64. The van der Waals surface area contributed by atoms with Gasteiger partial charge in [0.15, 0.2) is 5.13 Å². The lowest BCUT2D eigenvalue weighted by molar-refractivity contribution is -0.385. The molecule has 0 aliphatic carbocycles. The maximum Gasteiger partial charge on any atom is 0.416 e. The van der Waals surface area contributed by atoms with E-state index in [0.717, 1.165) is 35.6 Å². The number of rotatable bonds is 4. The van der Waals surface area contributed by atoms with Gasteiger partial charge in [-0.2, -0.15) is 13.2 Å². The average Bonchev–Trinajstić information content (AvgIpc) is 3.09. The summed E-state index contributed by atoms with van der Waals surface area (Å²) in [7, 11) is 0. The van der Waals surface area contributed by atoms with Crippen molar-refractivity contribution in [2.75, 3.05) is 5.32 Å². The van der Waals surface area contributed by atoms with Gasteiger partial charge >= 0.3 is 6.18 Å². The van der Waals surface area contributed by atoms with E-state index in [-0.39, 0.29) is 27.0 Å². The van der Waals surface area contributed by atoms with Crippen LogP contribution in [-0.4, -0.2) is 15.8 Å². The molecule has 0 radical (unpaired) electrons. The number of carbonyl (C=O) groups is 1. The minimum Gasteiger partial charge on any atom is -0.298 e. The smallest absolute Gasteiger partial charge is 0.298 e. The first-order valence-electron chi connectivity index (χ1n) is 7.53. The number of amides is 1. The first-order chi connectivity index (χ1) is 13.1. The third kappa shape index (κ3) is 4.29. The summed E-state index contributed by atoms with van der Waals surface area (Å²) in [4.78, 5) is 26.8. The Morgan fingerprint density at radius 3 is 2.64 bits per heavy atom. The zero-order chi connectivity index (χ0) is 20.5. The molecule has 6 nitrogen and oxygen atoms in total. The normalized spacial score (nSPS) is 11.3. The molecule has 1 heterocycles. The number of thiazole rings is 1. The van der Waals surface area contributed by atoms with Gasteiger partial charge in [0.05, 0.1) is 16.2 Å². The van der Waals surface area contributed by atoms with Crippen LogP contribution in [0.3, 0.4) is 0 Å². The first kappa shape index (κ1) is 19.8. The van der Waals surface area contributed by atoms with E-state index in [9.17, 15) is 28.1 Å². The van der Waals surface area contributed by atoms with Gasteiger partial charge in [-0.3, -0.25) is 20.2 Å². The molecule has 28 heavy (non-hydrogen) atoms. The summed E-state index contributed by atoms with van der Waals surface area (Å²) in [6.45, 7) is 0. The molecule has 11 heteroatoms. The van der Waals surface area contributed by atoms with Crippen LogP contribution >= 0.6 is 22.9 Å². The van der Waals surface area contributed by atoms with Crippen molar-refractivity contribution in [3.8, 4) is 11.3 Å². The van der Waals surface area contributed by atoms with Crippen LogP contribution in [0, 0.1) is 10.1 Å². The molecule has 0 aliphatic rings. The van der Waals surface area contributed by atoms with Crippen molar-refractivity contribution in [1.82, 2.24) is 4.98 Å². The zero-order valence-corrected chi connectivity index (χ0v) is 15.2. The van der Waals surface area contributed by atoms with Gasteiger partial charge < -0.3 is 0 Å². The lowest BCUT2D eigenvalue weighted by Gasteiger charge is -2.07. The number of hydrogen-bond acceptors (Lipinski definition) is 5. The van der Waals surface area contributed by atoms with Crippen LogP contribution in [0.2, 0.25) is 5.02 Å². The van der Waals surface area contributed by atoms with Gasteiger partial charge in [-0.05, 0) is 24.3 Å². The number of aromatic nitrogens is 1. The Bertz CT molecular complexity index is 1070. The van der Waals surface area contributed by atoms with E-state index in [2.05, 4.69) is 10.3 Å². The van der Waals surface area contributed by atoms with Crippen LogP contribution in [0.5, 0.6) is 0 Å². The number of anilines is 1. The molecule has 1 aromatic heterocycles. The number of nitro benzene ring substituents is 1. The Kier molecular flexibility index (Phi) is 5.34. The maximum absolute atomic E-state index is 12.8. The fourth-order valence-corrected chi connectivity index (χ4v) is 3.22. The molecule has 144 valence electrons. The second-order valence-corrected chi connectivity index (χ2v) is 6.78. The zero-order valence-electron chi connectivity index (χ0n) is 13.7. The SMILES string of the molecule is O=C(Nc1nc(-c2cccc(C(F)(F)F)c2)cs1)c1cc(Cl)ccc1[N+](=O)[O-]. The molecule has 0 spiro atoms. The maximum atomic E-state index is 12.8. The second kappa shape index (κ2) is 7.56. The standard InChI is InChI=1S/C17H9ClF3N3O3S/c18-11-4-5-14(24(26)27)12(7-11)15(25)23-16-22-13(8-28-16)9-2-1-3-10(6-9)17(19,20)21/h1-8H,(H,22,23,25). The van der Waals surface area contributed by atoms with Crippen LogP contribution < -0.4 is 5.32 Å². The molecule has 0 fully saturated rings. The van der Waals surface area contributed by atoms with Crippen molar-refractivity contribution in [3.05, 3.63) is 74.1 Å². The Labute approximate surface area is 164 Å². The largest absolute Gasteiger partial charge is 0.416 e. The van der Waals surface area contributed by atoms with Gasteiger partial charge in [0, 0.05) is 22.0 Å². The van der Waals surface area contributed by atoms with Crippen molar-refractivity contribution < 1.29 is 22.9 Å². The minimum absolute atomic E-state index is 0.0756. The van der Waals surface area contributed by atoms with Crippen molar-refractivity contribution in [2.24, 2.45) is 0 Å². The topological polar surface area (TPSA) is 85.1 Å². The molecular formula is C17H9ClF3N3O3S. The highest BCUT2D eigenvalue weighted by Crippen LogP contribution is 2.33. The lowest BCUT2D eigenvalue weighted by atomic mass is 10.1. The van der Waals surface area contributed by atoms with E-state index in [0.29, 0.717) is 0 Å². The summed E-state index contributed by atoms with van der Waals surface area (Å²) in [5, 5.41) is 15.2. The number of nitrogens with one attached hydrogen (secondary N) is 1. The molecule has 0 saturated heterocycles. The third-order valence-electron chi connectivity index (χ3n) is 3.61. The number of nitro groups is 1. The quantitative estimate of drug-likeness (QED) is 0.431. The van der Waals surface area contributed by atoms with Gasteiger partial charge in [-0.25, -0.2) is 4.98 Å². The molecule has 0 unspecified atom stereocenters. The number of hydrogen-bond donors (Lipinski definition) is 1. The van der Waals surface area contributed by atoms with E-state index >= 15 is 0 Å². The number of nitrogens with zero attached hydrogens (tertiary/aromatic N) is 2. The molecule has 0 saturated carbocycles. The Morgan fingerprint density at radius 1 is 1.21 bits per heavy atom. The Balaban J connectivity index is 1.85. The second-order valence-electron chi connectivity index (χ2n) is 5.49. The van der Waals surface area contributed by atoms with Crippen LogP contribution in [0.4, 0.5) is 24.0 Å². The molecule has 2 aromatic carbocycles. The summed E-state index contributed by atoms with van der Waals surface area (Å²) in [6, 6.07) is 8.14. The summed E-state index contributed by atoms with van der Waals surface area (Å²) >= 11 is 6.77. The van der Waals surface area contributed by atoms with Crippen molar-refractivity contribution in [2.45, 2.75) is 6.18 Å². The molecule has 0 atom stereocenters. The van der Waals surface area contributed by atoms with Crippen LogP contribution in [0.1, 0.15) is 15.9 Å². The molecule has 1 amide bonds. The Morgan fingerprint density at radius 2 is 1.96 bits per heavy atom. The van der Waals surface area contributed by atoms with Crippen molar-refractivity contribution in [3.63, 3.8) is 0 Å². The average molecular weight is 428 g/mol. The number of halogens is 4. The lowest BCUT2D eigenvalue weighted by Crippen LogP contribution is -2.13. The van der Waals surface area contributed by atoms with Gasteiger partial charge in [-0.1, -0.05) is 23.7 Å². The van der Waals surface area contributed by atoms with Crippen LogP contribution in [0.25, 0.3) is 11.3 Å². The molecular weight excluding hydrogens is 419 g/mol. The number of carbonyl (C=O) groups excluding carboxylic acids is 1. The molecule has 3 rings (SSSR count). The van der Waals surface area contributed by atoms with Crippen LogP contribution in [-0.2, 0) is 6.18 Å². The van der Waals surface area contributed by atoms with Crippen LogP contribution in [0.15, 0.2) is 47.8 Å². The number of alkyl halides is 3. The third-order valence-corrected chi connectivity index (χ3v) is 4.60. The summed E-state index contributed by atoms with van der Waals surface area (Å²) in [6.07, 6.45) is -4.49. The summed E-state index contributed by atoms with van der Waals surface area (Å²) < 4.78 is 38.5. The van der Waals surface area contributed by atoms with E-state index in [1.54, 1.807) is 0 Å². The first-order valence-corrected chi connectivity index (χ1v) is 8.79. The summed E-state index contributed by atoms with van der Waals surface area (Å²) in [5.74, 6) is -0.806. The highest BCUT2D eigenvalue weighted by atomic mass is 35.5. The summed E-state index contributed by atoms with van der Waals surface area (Å²) in [5.41, 5.74) is -1.06. The van der Waals surface area contributed by atoms with Crippen molar-refractivity contribution in [1.29, 1.82) is 0 Å². The highest BCUT2D eigenvalue weighted by Gasteiger charge is 2.30. The number of benzene rings is 2. The Hall–Kier alpha value is -2.98. The van der Waals surface area contributed by atoms with Crippen molar-refractivity contribution >= 4 is 39.7 Å². The van der Waals surface area contributed by atoms with E-state index in [1.807, 2.05) is 0 Å². The fourth-order valence-electron chi connectivity index (χ4n) is 2.33. The molecule has 1 N–H and O–H groups in total. The van der Waals surface area contributed by atoms with Gasteiger partial charge in [0.2, 0.25) is 0 Å². The highest BCUT2D eigenvalue weighted by molar-refractivity contribution is 7.14. The predicted molar refractivity (Wildman–Crippen MR) is 98.6 cm³/mol. The fraction of sp³-hybridized carbons (Fsp3) is 0.0588. The molecule has 0 aliphatic heterocycles.